The maximum Gasteiger partial charge on any atom is 0.246 e. The van der Waals surface area contributed by atoms with Crippen molar-refractivity contribution in [3.63, 3.8) is 0 Å². The van der Waals surface area contributed by atoms with Crippen molar-refractivity contribution in [2.45, 2.75) is 70.1 Å². The third-order valence-corrected chi connectivity index (χ3v) is 6.34. The second-order valence-corrected chi connectivity index (χ2v) is 8.27. The van der Waals surface area contributed by atoms with Crippen LogP contribution in [0.1, 0.15) is 51.9 Å². The molecular weight excluding hydrogens is 360 g/mol. The van der Waals surface area contributed by atoms with Crippen molar-refractivity contribution in [3.05, 3.63) is 0 Å². The van der Waals surface area contributed by atoms with Crippen LogP contribution < -0.4 is 10.6 Å². The lowest BCUT2D eigenvalue weighted by Crippen LogP contribution is -2.53. The SMILES string of the molecule is CCC(=O)N1C[C@H](O)C[C@H]1C(=O)N1CCC[C@@H]1C(=O)NCCC1CCNCC1. The Hall–Kier alpha value is -1.67. The predicted molar refractivity (Wildman–Crippen MR) is 104 cm³/mol. The van der Waals surface area contributed by atoms with E-state index in [0.29, 0.717) is 31.8 Å². The number of piperidine rings is 1. The van der Waals surface area contributed by atoms with Crippen molar-refractivity contribution in [1.29, 1.82) is 0 Å². The number of carbonyl (C=O) groups is 3. The summed E-state index contributed by atoms with van der Waals surface area (Å²) in [6.07, 6.45) is 4.59. The van der Waals surface area contributed by atoms with Crippen LogP contribution in [0, 0.1) is 5.92 Å². The van der Waals surface area contributed by atoms with Gasteiger partial charge in [-0.3, -0.25) is 14.4 Å². The summed E-state index contributed by atoms with van der Waals surface area (Å²) in [5.74, 6) is 0.231. The quantitative estimate of drug-likeness (QED) is 0.582. The van der Waals surface area contributed by atoms with E-state index in [4.69, 9.17) is 0 Å². The molecule has 3 rings (SSSR count). The molecule has 3 saturated heterocycles. The first kappa shape index (κ1) is 21.0. The van der Waals surface area contributed by atoms with Crippen LogP contribution in [0.2, 0.25) is 0 Å². The van der Waals surface area contributed by atoms with Gasteiger partial charge < -0.3 is 25.5 Å². The highest BCUT2D eigenvalue weighted by Gasteiger charge is 2.44. The molecule has 8 nitrogen and oxygen atoms in total. The second kappa shape index (κ2) is 9.69. The molecule has 0 bridgehead atoms. The average molecular weight is 395 g/mol. The molecule has 3 aliphatic rings. The monoisotopic (exact) mass is 394 g/mol. The van der Waals surface area contributed by atoms with Gasteiger partial charge in [0.15, 0.2) is 0 Å². The molecule has 158 valence electrons. The summed E-state index contributed by atoms with van der Waals surface area (Å²) in [5, 5.41) is 16.3. The van der Waals surface area contributed by atoms with Crippen molar-refractivity contribution in [2.24, 2.45) is 5.92 Å². The van der Waals surface area contributed by atoms with Crippen LogP contribution in [0.15, 0.2) is 0 Å². The van der Waals surface area contributed by atoms with Gasteiger partial charge in [0.05, 0.1) is 6.10 Å². The third-order valence-electron chi connectivity index (χ3n) is 6.34. The van der Waals surface area contributed by atoms with E-state index in [0.717, 1.165) is 38.8 Å². The third kappa shape index (κ3) is 4.84. The topological polar surface area (TPSA) is 102 Å². The number of hydrogen-bond donors (Lipinski definition) is 3. The zero-order valence-corrected chi connectivity index (χ0v) is 16.9. The number of β-amino-alcohol motifs (C(OH)–C–C–N with tert-alkyl or cyclic N) is 1. The first-order valence-electron chi connectivity index (χ1n) is 10.8. The number of likely N-dealkylation sites (tertiary alicyclic amines) is 2. The lowest BCUT2D eigenvalue weighted by molar-refractivity contribution is -0.146. The Labute approximate surface area is 167 Å². The van der Waals surface area contributed by atoms with E-state index in [2.05, 4.69) is 10.6 Å². The average Bonchev–Trinajstić information content (AvgIpc) is 3.34. The molecule has 8 heteroatoms. The molecule has 0 saturated carbocycles. The minimum atomic E-state index is -0.677. The molecule has 0 spiro atoms. The van der Waals surface area contributed by atoms with Gasteiger partial charge in [-0.1, -0.05) is 6.92 Å². The van der Waals surface area contributed by atoms with Gasteiger partial charge >= 0.3 is 0 Å². The fourth-order valence-corrected chi connectivity index (χ4v) is 4.71. The molecule has 3 heterocycles. The maximum atomic E-state index is 13.1. The Kier molecular flexibility index (Phi) is 7.29. The fraction of sp³-hybridized carbons (Fsp3) is 0.850. The number of aliphatic hydroxyl groups is 1. The summed E-state index contributed by atoms with van der Waals surface area (Å²) in [6, 6.07) is -1.11. The standard InChI is InChI=1S/C20H34N4O4/c1-2-18(26)24-13-15(25)12-17(24)20(28)23-11-3-4-16(23)19(27)22-10-7-14-5-8-21-9-6-14/h14-17,21,25H,2-13H2,1H3,(H,22,27)/t15-,16-,17+/m1/s1. The molecule has 0 radical (unpaired) electrons. The molecule has 3 fully saturated rings. The molecule has 3 N–H and O–H groups in total. The van der Waals surface area contributed by atoms with E-state index in [1.54, 1.807) is 11.8 Å². The Morgan fingerprint density at radius 2 is 1.86 bits per heavy atom. The number of amides is 3. The van der Waals surface area contributed by atoms with E-state index in [1.165, 1.54) is 4.90 Å². The first-order valence-corrected chi connectivity index (χ1v) is 10.8. The van der Waals surface area contributed by atoms with Crippen molar-refractivity contribution in [3.8, 4) is 0 Å². The highest BCUT2D eigenvalue weighted by molar-refractivity contribution is 5.93. The van der Waals surface area contributed by atoms with Crippen LogP contribution >= 0.6 is 0 Å². The number of carbonyl (C=O) groups excluding carboxylic acids is 3. The van der Waals surface area contributed by atoms with Gasteiger partial charge in [0.1, 0.15) is 12.1 Å². The summed E-state index contributed by atoms with van der Waals surface area (Å²) in [6.45, 7) is 5.22. The van der Waals surface area contributed by atoms with Crippen LogP contribution in [0.25, 0.3) is 0 Å². The number of nitrogens with zero attached hydrogens (tertiary/aromatic N) is 2. The van der Waals surface area contributed by atoms with Crippen molar-refractivity contribution in [1.82, 2.24) is 20.4 Å². The molecule has 3 atom stereocenters. The highest BCUT2D eigenvalue weighted by atomic mass is 16.3. The Bertz CT molecular complexity index is 579. The van der Waals surface area contributed by atoms with Gasteiger partial charge in [-0.2, -0.15) is 0 Å². The van der Waals surface area contributed by atoms with Crippen molar-refractivity contribution < 1.29 is 19.5 Å². The van der Waals surface area contributed by atoms with Gasteiger partial charge in [0, 0.05) is 32.5 Å². The molecular formula is C20H34N4O4. The van der Waals surface area contributed by atoms with E-state index in [-0.39, 0.29) is 30.7 Å². The minimum Gasteiger partial charge on any atom is -0.391 e. The molecule has 28 heavy (non-hydrogen) atoms. The van der Waals surface area contributed by atoms with Crippen LogP contribution in [0.5, 0.6) is 0 Å². The predicted octanol–water partition coefficient (Wildman–Crippen LogP) is -0.145. The summed E-state index contributed by atoms with van der Waals surface area (Å²) in [4.78, 5) is 41.1. The molecule has 0 unspecified atom stereocenters. The number of rotatable bonds is 6. The van der Waals surface area contributed by atoms with Gasteiger partial charge in [-0.25, -0.2) is 0 Å². The Morgan fingerprint density at radius 1 is 1.11 bits per heavy atom. The largest absolute Gasteiger partial charge is 0.391 e. The van der Waals surface area contributed by atoms with Crippen LogP contribution in [-0.4, -0.2) is 83.5 Å². The van der Waals surface area contributed by atoms with E-state index in [1.807, 2.05) is 0 Å². The number of nitrogens with one attached hydrogen (secondary N) is 2. The van der Waals surface area contributed by atoms with Gasteiger partial charge in [-0.05, 0) is 51.1 Å². The number of hydrogen-bond acceptors (Lipinski definition) is 5. The molecule has 0 aromatic heterocycles. The smallest absolute Gasteiger partial charge is 0.246 e. The summed E-state index contributed by atoms with van der Waals surface area (Å²) >= 11 is 0. The summed E-state index contributed by atoms with van der Waals surface area (Å²) in [5.41, 5.74) is 0. The molecule has 0 aliphatic carbocycles. The van der Waals surface area contributed by atoms with Crippen LogP contribution in [-0.2, 0) is 14.4 Å². The molecule has 0 aromatic rings. The van der Waals surface area contributed by atoms with Gasteiger partial charge in [0.2, 0.25) is 17.7 Å². The maximum absolute atomic E-state index is 13.1. The Balaban J connectivity index is 1.54. The van der Waals surface area contributed by atoms with Crippen molar-refractivity contribution >= 4 is 17.7 Å². The lowest BCUT2D eigenvalue weighted by atomic mass is 9.95. The van der Waals surface area contributed by atoms with E-state index < -0.39 is 18.2 Å². The van der Waals surface area contributed by atoms with E-state index >= 15 is 0 Å². The van der Waals surface area contributed by atoms with Gasteiger partial charge in [0.25, 0.3) is 0 Å². The molecule has 0 aromatic carbocycles. The highest BCUT2D eigenvalue weighted by Crippen LogP contribution is 2.26. The lowest BCUT2D eigenvalue weighted by Gasteiger charge is -2.31. The summed E-state index contributed by atoms with van der Waals surface area (Å²) in [7, 11) is 0. The normalized spacial score (nSPS) is 28.6. The zero-order chi connectivity index (χ0) is 20.1. The van der Waals surface area contributed by atoms with E-state index in [9.17, 15) is 19.5 Å². The second-order valence-electron chi connectivity index (χ2n) is 8.27. The number of aliphatic hydroxyl groups excluding tert-OH is 1. The van der Waals surface area contributed by atoms with Crippen molar-refractivity contribution in [2.75, 3.05) is 32.7 Å². The Morgan fingerprint density at radius 3 is 2.57 bits per heavy atom. The molecule has 3 amide bonds. The van der Waals surface area contributed by atoms with Crippen LogP contribution in [0.3, 0.4) is 0 Å². The van der Waals surface area contributed by atoms with Gasteiger partial charge in [-0.15, -0.1) is 0 Å². The zero-order valence-electron chi connectivity index (χ0n) is 16.9. The first-order chi connectivity index (χ1) is 13.5. The minimum absolute atomic E-state index is 0.0910. The summed E-state index contributed by atoms with van der Waals surface area (Å²) < 4.78 is 0. The fourth-order valence-electron chi connectivity index (χ4n) is 4.71. The van der Waals surface area contributed by atoms with Crippen LogP contribution in [0.4, 0.5) is 0 Å². The molecule has 3 aliphatic heterocycles.